The van der Waals surface area contributed by atoms with E-state index in [9.17, 15) is 4.79 Å². The number of para-hydroxylation sites is 1. The molecule has 0 radical (unpaired) electrons. The van der Waals surface area contributed by atoms with Crippen LogP contribution in [-0.4, -0.2) is 30.7 Å². The first kappa shape index (κ1) is 9.08. The van der Waals surface area contributed by atoms with E-state index in [-0.39, 0.29) is 12.1 Å². The van der Waals surface area contributed by atoms with Gasteiger partial charge in [0.15, 0.2) is 6.10 Å². The number of carbonyl (C=O) groups excluding carboxylic acids is 1. The number of hydrogen-bond acceptors (Lipinski definition) is 4. The third-order valence-electron chi connectivity index (χ3n) is 2.55. The van der Waals surface area contributed by atoms with Crippen molar-refractivity contribution >= 4 is 24.2 Å². The maximum Gasteiger partial charge on any atom is 0.434 e. The van der Waals surface area contributed by atoms with E-state index in [1.165, 1.54) is 0 Å². The van der Waals surface area contributed by atoms with Crippen molar-refractivity contribution in [2.45, 2.75) is 12.1 Å². The molecule has 2 heterocycles. The molecule has 0 saturated heterocycles. The summed E-state index contributed by atoms with van der Waals surface area (Å²) < 4.78 is 5.03. The zero-order chi connectivity index (χ0) is 11.0. The zero-order valence-corrected chi connectivity index (χ0v) is 8.35. The van der Waals surface area contributed by atoms with Crippen molar-refractivity contribution in [2.24, 2.45) is 10.1 Å². The van der Waals surface area contributed by atoms with Gasteiger partial charge < -0.3 is 4.74 Å². The predicted molar refractivity (Wildman–Crippen MR) is 60.0 cm³/mol. The van der Waals surface area contributed by atoms with E-state index in [4.69, 9.17) is 4.74 Å². The van der Waals surface area contributed by atoms with Crippen molar-refractivity contribution in [3.63, 3.8) is 0 Å². The largest absolute Gasteiger partial charge is 0.436 e. The van der Waals surface area contributed by atoms with E-state index in [2.05, 4.69) is 10.1 Å². The van der Waals surface area contributed by atoms with Crippen LogP contribution in [0.25, 0.3) is 0 Å². The molecule has 2 atom stereocenters. The van der Waals surface area contributed by atoms with Gasteiger partial charge in [-0.15, -0.1) is 0 Å². The van der Waals surface area contributed by atoms with Gasteiger partial charge in [-0.05, 0) is 12.1 Å². The smallest absolute Gasteiger partial charge is 0.434 e. The average Bonchev–Trinajstić information content (AvgIpc) is 2.73. The van der Waals surface area contributed by atoms with E-state index in [1.54, 1.807) is 17.4 Å². The zero-order valence-electron chi connectivity index (χ0n) is 8.35. The summed E-state index contributed by atoms with van der Waals surface area (Å²) in [5, 5.41) is 6.02. The molecule has 16 heavy (non-hydrogen) atoms. The molecule has 0 aromatic heterocycles. The number of hydrogen-bond donors (Lipinski definition) is 0. The molecule has 5 nitrogen and oxygen atoms in total. The Balaban J connectivity index is 1.92. The normalized spacial score (nSPS) is 26.8. The van der Waals surface area contributed by atoms with Crippen LogP contribution in [0.5, 0.6) is 0 Å². The van der Waals surface area contributed by atoms with E-state index in [1.807, 2.05) is 30.3 Å². The molecule has 1 aromatic carbocycles. The van der Waals surface area contributed by atoms with Crippen LogP contribution in [0.2, 0.25) is 0 Å². The fraction of sp³-hybridized carbons (Fsp3) is 0.182. The van der Waals surface area contributed by atoms with Gasteiger partial charge in [-0.2, -0.15) is 10.1 Å². The van der Waals surface area contributed by atoms with Crippen molar-refractivity contribution in [1.82, 2.24) is 0 Å². The summed E-state index contributed by atoms with van der Waals surface area (Å²) in [6, 6.07) is 9.58. The quantitative estimate of drug-likeness (QED) is 0.712. The third kappa shape index (κ3) is 1.37. The number of fused-ring (bicyclic) bond motifs is 1. The van der Waals surface area contributed by atoms with Crippen molar-refractivity contribution < 1.29 is 9.53 Å². The van der Waals surface area contributed by atoms with E-state index < -0.39 is 6.09 Å². The summed E-state index contributed by atoms with van der Waals surface area (Å²) >= 11 is 0. The summed E-state index contributed by atoms with van der Waals surface area (Å²) in [5.74, 6) is 0. The Kier molecular flexibility index (Phi) is 1.96. The van der Waals surface area contributed by atoms with Crippen molar-refractivity contribution in [3.8, 4) is 0 Å². The lowest BCUT2D eigenvalue weighted by atomic mass is 10.1. The number of hydrazone groups is 1. The summed E-state index contributed by atoms with van der Waals surface area (Å²) in [6.45, 7) is 0. The van der Waals surface area contributed by atoms with E-state index in [0.717, 1.165) is 5.69 Å². The van der Waals surface area contributed by atoms with Gasteiger partial charge in [0.1, 0.15) is 6.04 Å². The Morgan fingerprint density at radius 2 is 2.00 bits per heavy atom. The van der Waals surface area contributed by atoms with E-state index >= 15 is 0 Å². The van der Waals surface area contributed by atoms with Crippen LogP contribution < -0.4 is 5.01 Å². The number of nitrogens with zero attached hydrogens (tertiary/aromatic N) is 3. The summed E-state index contributed by atoms with van der Waals surface area (Å²) in [4.78, 5) is 14.6. The molecule has 0 bridgehead atoms. The van der Waals surface area contributed by atoms with Crippen LogP contribution in [0.15, 0.2) is 40.4 Å². The number of carbonyl (C=O) groups is 1. The predicted octanol–water partition coefficient (Wildman–Crippen LogP) is 1.45. The molecule has 2 aliphatic rings. The Bertz CT molecular complexity index is 469. The van der Waals surface area contributed by atoms with Crippen molar-refractivity contribution in [2.75, 3.05) is 5.01 Å². The highest BCUT2D eigenvalue weighted by atomic mass is 16.6. The topological polar surface area (TPSA) is 54.3 Å². The standard InChI is InChI=1S/C11H9N3O2/c15-11-12-6-9-10(16-11)7-13-14(9)8-4-2-1-3-5-8/h1-7,9-10H/t9-,10+/m0/s1. The molecule has 1 amide bonds. The van der Waals surface area contributed by atoms with Gasteiger partial charge in [0.25, 0.3) is 0 Å². The lowest BCUT2D eigenvalue weighted by Crippen LogP contribution is -2.42. The van der Waals surface area contributed by atoms with Crippen LogP contribution >= 0.6 is 0 Å². The summed E-state index contributed by atoms with van der Waals surface area (Å²) in [6.07, 6.45) is 2.32. The molecule has 3 rings (SSSR count). The maximum atomic E-state index is 10.9. The molecule has 80 valence electrons. The van der Waals surface area contributed by atoms with Crippen LogP contribution in [0.1, 0.15) is 0 Å². The van der Waals surface area contributed by atoms with Crippen molar-refractivity contribution in [3.05, 3.63) is 30.3 Å². The number of ether oxygens (including phenoxy) is 1. The minimum atomic E-state index is -0.553. The number of benzene rings is 1. The minimum Gasteiger partial charge on any atom is -0.436 e. The second-order valence-electron chi connectivity index (χ2n) is 3.56. The third-order valence-corrected chi connectivity index (χ3v) is 2.55. The van der Waals surface area contributed by atoms with Gasteiger partial charge in [-0.25, -0.2) is 4.79 Å². The fourth-order valence-corrected chi connectivity index (χ4v) is 1.79. The lowest BCUT2D eigenvalue weighted by molar-refractivity contribution is 0.134. The monoisotopic (exact) mass is 215 g/mol. The van der Waals surface area contributed by atoms with Gasteiger partial charge in [0, 0.05) is 6.21 Å². The molecule has 0 fully saturated rings. The molecule has 2 aliphatic heterocycles. The molecule has 0 spiro atoms. The highest BCUT2D eigenvalue weighted by Gasteiger charge is 2.36. The maximum absolute atomic E-state index is 10.9. The first-order valence-corrected chi connectivity index (χ1v) is 4.98. The Labute approximate surface area is 92.0 Å². The second kappa shape index (κ2) is 3.44. The lowest BCUT2D eigenvalue weighted by Gasteiger charge is -2.25. The number of aliphatic imine (C=N–C) groups is 1. The summed E-state index contributed by atoms with van der Waals surface area (Å²) in [7, 11) is 0. The SMILES string of the molecule is O=C1N=C[C@H]2[C@@H](C=NN2c2ccccc2)O1. The van der Waals surface area contributed by atoms with Gasteiger partial charge >= 0.3 is 6.09 Å². The van der Waals surface area contributed by atoms with Crippen LogP contribution in [0.4, 0.5) is 10.5 Å². The Hall–Kier alpha value is -2.17. The van der Waals surface area contributed by atoms with Crippen LogP contribution in [0, 0.1) is 0 Å². The van der Waals surface area contributed by atoms with Gasteiger partial charge in [-0.3, -0.25) is 5.01 Å². The van der Waals surface area contributed by atoms with Crippen molar-refractivity contribution in [1.29, 1.82) is 0 Å². The molecule has 0 aliphatic carbocycles. The summed E-state index contributed by atoms with van der Waals surface area (Å²) in [5.41, 5.74) is 0.954. The molecule has 1 aromatic rings. The first-order valence-electron chi connectivity index (χ1n) is 4.98. The highest BCUT2D eigenvalue weighted by molar-refractivity contribution is 5.93. The highest BCUT2D eigenvalue weighted by Crippen LogP contribution is 2.24. The molecular weight excluding hydrogens is 206 g/mol. The first-order chi connectivity index (χ1) is 7.84. The van der Waals surface area contributed by atoms with Crippen LogP contribution in [-0.2, 0) is 4.74 Å². The van der Waals surface area contributed by atoms with Gasteiger partial charge in [0.2, 0.25) is 0 Å². The van der Waals surface area contributed by atoms with Gasteiger partial charge in [0.05, 0.1) is 11.9 Å². The number of rotatable bonds is 1. The van der Waals surface area contributed by atoms with Gasteiger partial charge in [-0.1, -0.05) is 18.2 Å². The number of anilines is 1. The molecule has 0 saturated carbocycles. The fourth-order valence-electron chi connectivity index (χ4n) is 1.79. The minimum absolute atomic E-state index is 0.125. The Morgan fingerprint density at radius 1 is 1.19 bits per heavy atom. The molecular formula is C11H9N3O2. The van der Waals surface area contributed by atoms with E-state index in [0.29, 0.717) is 0 Å². The molecule has 5 heteroatoms. The van der Waals surface area contributed by atoms with Crippen LogP contribution in [0.3, 0.4) is 0 Å². The Morgan fingerprint density at radius 3 is 2.81 bits per heavy atom. The number of amides is 1. The average molecular weight is 215 g/mol. The molecule has 0 unspecified atom stereocenters. The second-order valence-corrected chi connectivity index (χ2v) is 3.56. The molecule has 0 N–H and O–H groups in total.